The number of ether oxygens (including phenoxy) is 1. The predicted molar refractivity (Wildman–Crippen MR) is 108 cm³/mol. The molecule has 0 bridgehead atoms. The van der Waals surface area contributed by atoms with Gasteiger partial charge in [0.05, 0.1) is 0 Å². The van der Waals surface area contributed by atoms with Gasteiger partial charge >= 0.3 is 0 Å². The molecule has 0 saturated heterocycles. The lowest BCUT2D eigenvalue weighted by Gasteiger charge is -2.11. The smallest absolute Gasteiger partial charge is 0.127 e. The predicted octanol–water partition coefficient (Wildman–Crippen LogP) is 7.11. The van der Waals surface area contributed by atoms with Crippen molar-refractivity contribution in [2.75, 3.05) is 0 Å². The van der Waals surface area contributed by atoms with Crippen molar-refractivity contribution in [2.24, 2.45) is 0 Å². The van der Waals surface area contributed by atoms with E-state index in [1.807, 2.05) is 24.3 Å². The van der Waals surface area contributed by atoms with Crippen LogP contribution in [-0.2, 0) is 6.42 Å². The Bertz CT molecular complexity index is 804. The van der Waals surface area contributed by atoms with Crippen LogP contribution in [0.5, 0.6) is 11.5 Å². The van der Waals surface area contributed by atoms with Crippen molar-refractivity contribution in [3.8, 4) is 11.5 Å². The second-order valence-corrected chi connectivity index (χ2v) is 6.49. The zero-order chi connectivity index (χ0) is 18.4. The first-order valence-electron chi connectivity index (χ1n) is 8.74. The molecular weight excluding hydrogens is 304 g/mol. The Morgan fingerprint density at radius 2 is 1.60 bits per heavy atom. The lowest BCUT2D eigenvalue weighted by molar-refractivity contribution is 0.482. The van der Waals surface area contributed by atoms with Crippen molar-refractivity contribution < 1.29 is 4.74 Å². The summed E-state index contributed by atoms with van der Waals surface area (Å²) in [5.41, 5.74) is 7.63. The van der Waals surface area contributed by atoms with E-state index in [1.165, 1.54) is 33.4 Å². The molecule has 0 aromatic heterocycles. The van der Waals surface area contributed by atoms with E-state index < -0.39 is 0 Å². The number of allylic oxidation sites excluding steroid dienone is 5. The van der Waals surface area contributed by atoms with E-state index in [9.17, 15) is 0 Å². The molecular formula is C24H28O. The zero-order valence-corrected chi connectivity index (χ0v) is 16.0. The van der Waals surface area contributed by atoms with Gasteiger partial charge < -0.3 is 4.74 Å². The van der Waals surface area contributed by atoms with E-state index in [4.69, 9.17) is 4.74 Å². The van der Waals surface area contributed by atoms with Crippen LogP contribution in [0.3, 0.4) is 0 Å². The Kier molecular flexibility index (Phi) is 6.41. The maximum atomic E-state index is 5.96. The third-order valence-corrected chi connectivity index (χ3v) is 4.78. The van der Waals surface area contributed by atoms with Crippen LogP contribution in [0, 0.1) is 13.8 Å². The van der Waals surface area contributed by atoms with Crippen molar-refractivity contribution in [1.29, 1.82) is 0 Å². The number of aryl methyl sites for hydroxylation is 2. The van der Waals surface area contributed by atoms with Crippen LogP contribution in [0.1, 0.15) is 37.5 Å². The van der Waals surface area contributed by atoms with Crippen LogP contribution in [-0.4, -0.2) is 0 Å². The maximum Gasteiger partial charge on any atom is 0.127 e. The Morgan fingerprint density at radius 3 is 2.16 bits per heavy atom. The molecule has 0 N–H and O–H groups in total. The summed E-state index contributed by atoms with van der Waals surface area (Å²) in [6.45, 7) is 14.5. The summed E-state index contributed by atoms with van der Waals surface area (Å²) in [6.07, 6.45) is 4.98. The molecule has 0 spiro atoms. The Balaban J connectivity index is 2.14. The minimum atomic E-state index is 0.859. The third kappa shape index (κ3) is 4.96. The summed E-state index contributed by atoms with van der Waals surface area (Å²) < 4.78 is 5.96. The molecule has 0 atom stereocenters. The third-order valence-electron chi connectivity index (χ3n) is 4.78. The minimum absolute atomic E-state index is 0.859. The van der Waals surface area contributed by atoms with Gasteiger partial charge in [0, 0.05) is 0 Å². The van der Waals surface area contributed by atoms with Gasteiger partial charge in [-0.05, 0) is 93.1 Å². The topological polar surface area (TPSA) is 9.23 Å². The van der Waals surface area contributed by atoms with Crippen LogP contribution in [0.15, 0.2) is 77.9 Å². The number of rotatable bonds is 6. The fourth-order valence-electron chi connectivity index (χ4n) is 2.64. The fraction of sp³-hybridized carbons (Fsp3) is 0.250. The van der Waals surface area contributed by atoms with Gasteiger partial charge in [0.2, 0.25) is 0 Å². The van der Waals surface area contributed by atoms with E-state index in [0.717, 1.165) is 17.9 Å². The molecule has 0 unspecified atom stereocenters. The lowest BCUT2D eigenvalue weighted by atomic mass is 9.96. The average molecular weight is 332 g/mol. The first-order chi connectivity index (χ1) is 11.9. The SMILES string of the molecule is C=C/C(Cc1ccc(Oc2ccc(C)c(C)c2)cc1)=C(C)\C(C)=C/C. The molecule has 25 heavy (non-hydrogen) atoms. The van der Waals surface area contributed by atoms with Gasteiger partial charge in [0.25, 0.3) is 0 Å². The number of hydrogen-bond acceptors (Lipinski definition) is 1. The molecule has 0 aliphatic rings. The highest BCUT2D eigenvalue weighted by atomic mass is 16.5. The van der Waals surface area contributed by atoms with Gasteiger partial charge in [0.15, 0.2) is 0 Å². The van der Waals surface area contributed by atoms with E-state index in [2.05, 4.69) is 71.5 Å². The second-order valence-electron chi connectivity index (χ2n) is 6.49. The first-order valence-corrected chi connectivity index (χ1v) is 8.74. The van der Waals surface area contributed by atoms with Crippen molar-refractivity contribution in [3.05, 3.63) is 94.6 Å². The summed E-state index contributed by atoms with van der Waals surface area (Å²) >= 11 is 0. The maximum absolute atomic E-state index is 5.96. The molecule has 0 fully saturated rings. The van der Waals surface area contributed by atoms with E-state index in [-0.39, 0.29) is 0 Å². The summed E-state index contributed by atoms with van der Waals surface area (Å²) in [5, 5.41) is 0. The quantitative estimate of drug-likeness (QED) is 0.512. The largest absolute Gasteiger partial charge is 0.457 e. The second kappa shape index (κ2) is 8.53. The molecule has 130 valence electrons. The minimum Gasteiger partial charge on any atom is -0.457 e. The van der Waals surface area contributed by atoms with Gasteiger partial charge in [-0.1, -0.05) is 42.5 Å². The molecule has 0 amide bonds. The van der Waals surface area contributed by atoms with Crippen molar-refractivity contribution in [3.63, 3.8) is 0 Å². The highest BCUT2D eigenvalue weighted by Gasteiger charge is 2.04. The van der Waals surface area contributed by atoms with Crippen LogP contribution in [0.4, 0.5) is 0 Å². The molecule has 0 aliphatic carbocycles. The van der Waals surface area contributed by atoms with Gasteiger partial charge in [0.1, 0.15) is 11.5 Å². The van der Waals surface area contributed by atoms with Crippen molar-refractivity contribution in [2.45, 2.75) is 41.0 Å². The van der Waals surface area contributed by atoms with E-state index >= 15 is 0 Å². The Labute approximate surface area is 152 Å². The summed E-state index contributed by atoms with van der Waals surface area (Å²) in [6, 6.07) is 14.5. The normalized spacial score (nSPS) is 12.6. The van der Waals surface area contributed by atoms with Gasteiger partial charge in [-0.25, -0.2) is 0 Å². The van der Waals surface area contributed by atoms with Crippen LogP contribution < -0.4 is 4.74 Å². The fourth-order valence-corrected chi connectivity index (χ4v) is 2.64. The molecule has 0 aliphatic heterocycles. The molecule has 1 heteroatoms. The van der Waals surface area contributed by atoms with E-state index in [0.29, 0.717) is 0 Å². The summed E-state index contributed by atoms with van der Waals surface area (Å²) in [4.78, 5) is 0. The zero-order valence-electron chi connectivity index (χ0n) is 16.0. The molecule has 2 rings (SSSR count). The molecule has 1 nitrogen and oxygen atoms in total. The van der Waals surface area contributed by atoms with Crippen molar-refractivity contribution >= 4 is 0 Å². The molecule has 0 radical (unpaired) electrons. The van der Waals surface area contributed by atoms with Gasteiger partial charge in [-0.3, -0.25) is 0 Å². The average Bonchev–Trinajstić information content (AvgIpc) is 2.63. The molecule has 2 aromatic rings. The van der Waals surface area contributed by atoms with Gasteiger partial charge in [-0.15, -0.1) is 0 Å². The molecule has 0 heterocycles. The standard InChI is InChI=1S/C24H28O/c1-7-17(3)20(6)22(8-2)16-21-10-13-23(14-11-21)25-24-12-9-18(4)19(5)15-24/h7-15H,2,16H2,1,3-6H3/b17-7-,22-20+. The van der Waals surface area contributed by atoms with Crippen LogP contribution in [0.2, 0.25) is 0 Å². The highest BCUT2D eigenvalue weighted by Crippen LogP contribution is 2.25. The van der Waals surface area contributed by atoms with E-state index in [1.54, 1.807) is 0 Å². The van der Waals surface area contributed by atoms with Gasteiger partial charge in [-0.2, -0.15) is 0 Å². The molecule has 0 saturated carbocycles. The molecule has 2 aromatic carbocycles. The highest BCUT2D eigenvalue weighted by molar-refractivity contribution is 5.42. The lowest BCUT2D eigenvalue weighted by Crippen LogP contribution is -1.94. The number of hydrogen-bond donors (Lipinski definition) is 0. The first kappa shape index (κ1) is 18.8. The summed E-state index contributed by atoms with van der Waals surface area (Å²) in [5.74, 6) is 1.74. The van der Waals surface area contributed by atoms with Crippen LogP contribution in [0.25, 0.3) is 0 Å². The number of benzene rings is 2. The Hall–Kier alpha value is -2.54. The Morgan fingerprint density at radius 1 is 0.960 bits per heavy atom. The monoisotopic (exact) mass is 332 g/mol. The van der Waals surface area contributed by atoms with Crippen molar-refractivity contribution in [1.82, 2.24) is 0 Å². The summed E-state index contributed by atoms with van der Waals surface area (Å²) in [7, 11) is 0. The van der Waals surface area contributed by atoms with Crippen LogP contribution >= 0.6 is 0 Å².